The number of hydrogen-bond donors (Lipinski definition) is 0. The number of aryl methyl sites for hydroxylation is 2. The number of nitrogens with zero attached hydrogens (tertiary/aromatic N) is 3. The Bertz CT molecular complexity index is 963. The summed E-state index contributed by atoms with van der Waals surface area (Å²) in [5.74, 6) is 2.27. The van der Waals surface area contributed by atoms with E-state index in [1.807, 2.05) is 26.0 Å². The van der Waals surface area contributed by atoms with E-state index >= 15 is 0 Å². The van der Waals surface area contributed by atoms with E-state index in [0.717, 1.165) is 16.9 Å². The number of amides is 1. The van der Waals surface area contributed by atoms with Crippen molar-refractivity contribution >= 4 is 5.91 Å². The van der Waals surface area contributed by atoms with E-state index in [1.165, 1.54) is 0 Å². The summed E-state index contributed by atoms with van der Waals surface area (Å²) in [4.78, 5) is 18.5. The quantitative estimate of drug-likeness (QED) is 0.580. The third-order valence-electron chi connectivity index (χ3n) is 4.40. The van der Waals surface area contributed by atoms with Gasteiger partial charge in [-0.15, -0.1) is 0 Å². The maximum Gasteiger partial charge on any atom is 0.264 e. The van der Waals surface area contributed by atoms with Gasteiger partial charge in [-0.3, -0.25) is 4.79 Å². The molecule has 152 valence electrons. The van der Waals surface area contributed by atoms with Gasteiger partial charge in [0.15, 0.2) is 12.4 Å². The minimum Gasteiger partial charge on any atom is -0.497 e. The van der Waals surface area contributed by atoms with Gasteiger partial charge in [-0.25, -0.2) is 0 Å². The highest BCUT2D eigenvalue weighted by Crippen LogP contribution is 2.17. The number of rotatable bonds is 8. The zero-order chi connectivity index (χ0) is 20.8. The van der Waals surface area contributed by atoms with Crippen LogP contribution in [0.3, 0.4) is 0 Å². The Balaban J connectivity index is 1.52. The van der Waals surface area contributed by atoms with Crippen LogP contribution < -0.4 is 9.47 Å². The number of carbonyl (C=O) groups is 1. The normalized spacial score (nSPS) is 10.6. The van der Waals surface area contributed by atoms with Crippen molar-refractivity contribution < 1.29 is 18.8 Å². The van der Waals surface area contributed by atoms with Gasteiger partial charge in [-0.2, -0.15) is 4.98 Å². The fourth-order valence-electron chi connectivity index (χ4n) is 2.96. The average Bonchev–Trinajstić information content (AvgIpc) is 3.17. The maximum absolute atomic E-state index is 12.5. The molecule has 1 heterocycles. The van der Waals surface area contributed by atoms with E-state index in [4.69, 9.17) is 14.0 Å². The van der Waals surface area contributed by atoms with E-state index < -0.39 is 0 Å². The molecule has 0 aliphatic rings. The van der Waals surface area contributed by atoms with Crippen LogP contribution in [0.5, 0.6) is 11.5 Å². The molecule has 0 saturated carbocycles. The van der Waals surface area contributed by atoms with Crippen molar-refractivity contribution in [3.63, 3.8) is 0 Å². The second kappa shape index (κ2) is 9.23. The van der Waals surface area contributed by atoms with Crippen LogP contribution in [0.25, 0.3) is 0 Å². The Morgan fingerprint density at radius 2 is 1.86 bits per heavy atom. The number of aromatic nitrogens is 2. The standard InChI is InChI=1S/C22H25N3O4/c1-15-10-16(2)12-19(11-15)28-14-21-23-20(24-29-21)8-9-25(3)22(26)17-6-5-7-18(13-17)27-4/h5-7,10-13H,8-9,14H2,1-4H3. The maximum atomic E-state index is 12.5. The van der Waals surface area contributed by atoms with Gasteiger partial charge in [0, 0.05) is 25.6 Å². The minimum absolute atomic E-state index is 0.0919. The second-order valence-electron chi connectivity index (χ2n) is 6.93. The summed E-state index contributed by atoms with van der Waals surface area (Å²) >= 11 is 0. The molecule has 0 spiro atoms. The third kappa shape index (κ3) is 5.57. The first kappa shape index (κ1) is 20.4. The van der Waals surface area contributed by atoms with E-state index in [2.05, 4.69) is 16.2 Å². The lowest BCUT2D eigenvalue weighted by atomic mass is 10.1. The largest absolute Gasteiger partial charge is 0.497 e. The molecule has 0 unspecified atom stereocenters. The van der Waals surface area contributed by atoms with Crippen LogP contribution >= 0.6 is 0 Å². The molecule has 3 aromatic rings. The van der Waals surface area contributed by atoms with Gasteiger partial charge < -0.3 is 18.9 Å². The van der Waals surface area contributed by atoms with Crippen molar-refractivity contribution in [2.75, 3.05) is 20.7 Å². The SMILES string of the molecule is COc1cccc(C(=O)N(C)CCc2noc(COc3cc(C)cc(C)c3)n2)c1. The fourth-order valence-corrected chi connectivity index (χ4v) is 2.96. The number of methoxy groups -OCH3 is 1. The number of hydrogen-bond acceptors (Lipinski definition) is 6. The van der Waals surface area contributed by atoms with Crippen LogP contribution in [0.2, 0.25) is 0 Å². The first-order valence-corrected chi connectivity index (χ1v) is 9.36. The van der Waals surface area contributed by atoms with Crippen LogP contribution in [-0.4, -0.2) is 41.6 Å². The Labute approximate surface area is 170 Å². The number of ether oxygens (including phenoxy) is 2. The Morgan fingerprint density at radius 1 is 1.10 bits per heavy atom. The van der Waals surface area contributed by atoms with Gasteiger partial charge in [0.2, 0.25) is 0 Å². The molecule has 0 fully saturated rings. The molecule has 0 saturated heterocycles. The van der Waals surface area contributed by atoms with Crippen LogP contribution in [0.4, 0.5) is 0 Å². The van der Waals surface area contributed by atoms with Gasteiger partial charge in [-0.1, -0.05) is 17.3 Å². The highest BCUT2D eigenvalue weighted by Gasteiger charge is 2.14. The first-order valence-electron chi connectivity index (χ1n) is 9.36. The van der Waals surface area contributed by atoms with Gasteiger partial charge in [-0.05, 0) is 55.3 Å². The summed E-state index contributed by atoms with van der Waals surface area (Å²) in [6.45, 7) is 4.71. The number of benzene rings is 2. The Morgan fingerprint density at radius 3 is 2.59 bits per heavy atom. The molecule has 0 aliphatic carbocycles. The van der Waals surface area contributed by atoms with Gasteiger partial charge in [0.05, 0.1) is 7.11 Å². The summed E-state index contributed by atoms with van der Waals surface area (Å²) in [6, 6.07) is 13.1. The summed E-state index contributed by atoms with van der Waals surface area (Å²) in [5.41, 5.74) is 2.84. The molecule has 0 bridgehead atoms. The van der Waals surface area contributed by atoms with Crippen molar-refractivity contribution in [1.82, 2.24) is 15.0 Å². The average molecular weight is 395 g/mol. The first-order chi connectivity index (χ1) is 13.9. The van der Waals surface area contributed by atoms with E-state index in [1.54, 1.807) is 43.3 Å². The van der Waals surface area contributed by atoms with Crippen molar-refractivity contribution in [3.05, 3.63) is 70.9 Å². The lowest BCUT2D eigenvalue weighted by Crippen LogP contribution is -2.29. The van der Waals surface area contributed by atoms with Crippen LogP contribution in [-0.2, 0) is 13.0 Å². The Hall–Kier alpha value is -3.35. The molecule has 7 heteroatoms. The lowest BCUT2D eigenvalue weighted by molar-refractivity contribution is 0.0795. The summed E-state index contributed by atoms with van der Waals surface area (Å²) < 4.78 is 16.2. The zero-order valence-electron chi connectivity index (χ0n) is 17.1. The van der Waals surface area contributed by atoms with E-state index in [9.17, 15) is 4.79 Å². The number of carbonyl (C=O) groups excluding carboxylic acids is 1. The zero-order valence-corrected chi connectivity index (χ0v) is 17.1. The summed E-state index contributed by atoms with van der Waals surface area (Å²) in [6.07, 6.45) is 0.485. The molecule has 1 aromatic heterocycles. The van der Waals surface area contributed by atoms with Crippen molar-refractivity contribution in [2.45, 2.75) is 26.9 Å². The van der Waals surface area contributed by atoms with Crippen LogP contribution in [0, 0.1) is 13.8 Å². The van der Waals surface area contributed by atoms with Crippen molar-refractivity contribution in [2.24, 2.45) is 0 Å². The van der Waals surface area contributed by atoms with Gasteiger partial charge >= 0.3 is 0 Å². The topological polar surface area (TPSA) is 77.7 Å². The molecule has 0 N–H and O–H groups in total. The molecular formula is C22H25N3O4. The van der Waals surface area contributed by atoms with E-state index in [-0.39, 0.29) is 12.5 Å². The molecule has 29 heavy (non-hydrogen) atoms. The predicted octanol–water partition coefficient (Wildman–Crippen LogP) is 3.59. The molecule has 0 atom stereocenters. The molecule has 0 radical (unpaired) electrons. The van der Waals surface area contributed by atoms with Crippen LogP contribution in [0.15, 0.2) is 47.0 Å². The lowest BCUT2D eigenvalue weighted by Gasteiger charge is -2.16. The fraction of sp³-hybridized carbons (Fsp3) is 0.318. The summed E-state index contributed by atoms with van der Waals surface area (Å²) in [7, 11) is 3.32. The smallest absolute Gasteiger partial charge is 0.264 e. The van der Waals surface area contributed by atoms with Crippen molar-refractivity contribution in [3.8, 4) is 11.5 Å². The molecule has 2 aromatic carbocycles. The molecule has 0 aliphatic heterocycles. The molecular weight excluding hydrogens is 370 g/mol. The van der Waals surface area contributed by atoms with Gasteiger partial charge in [0.1, 0.15) is 11.5 Å². The second-order valence-corrected chi connectivity index (χ2v) is 6.93. The number of likely N-dealkylation sites (N-methyl/N-ethyl adjacent to an activating group) is 1. The van der Waals surface area contributed by atoms with Gasteiger partial charge in [0.25, 0.3) is 11.8 Å². The summed E-state index contributed by atoms with van der Waals surface area (Å²) in [5, 5.41) is 3.97. The monoisotopic (exact) mass is 395 g/mol. The third-order valence-corrected chi connectivity index (χ3v) is 4.40. The molecule has 7 nitrogen and oxygen atoms in total. The highest BCUT2D eigenvalue weighted by atomic mass is 16.5. The highest BCUT2D eigenvalue weighted by molar-refractivity contribution is 5.94. The van der Waals surface area contributed by atoms with E-state index in [0.29, 0.717) is 36.0 Å². The molecule has 3 rings (SSSR count). The minimum atomic E-state index is -0.0919. The van der Waals surface area contributed by atoms with Crippen molar-refractivity contribution in [1.29, 1.82) is 0 Å². The predicted molar refractivity (Wildman–Crippen MR) is 108 cm³/mol. The Kier molecular flexibility index (Phi) is 6.49. The molecule has 1 amide bonds. The van der Waals surface area contributed by atoms with Crippen LogP contribution in [0.1, 0.15) is 33.2 Å².